The first-order chi connectivity index (χ1) is 8.65. The minimum absolute atomic E-state index is 0.0136. The number of carbonyl (C=O) groups is 1. The molecule has 1 aliphatic rings. The molecule has 1 aliphatic heterocycles. The number of anilines is 1. The van der Waals surface area contributed by atoms with Gasteiger partial charge in [-0.2, -0.15) is 0 Å². The number of rotatable bonds is 4. The van der Waals surface area contributed by atoms with E-state index in [0.717, 1.165) is 31.5 Å². The van der Waals surface area contributed by atoms with Gasteiger partial charge in [-0.1, -0.05) is 26.0 Å². The van der Waals surface area contributed by atoms with Crippen LogP contribution in [0.1, 0.15) is 32.3 Å². The van der Waals surface area contributed by atoms with Gasteiger partial charge < -0.3 is 10.6 Å². The van der Waals surface area contributed by atoms with E-state index in [1.807, 2.05) is 12.1 Å². The summed E-state index contributed by atoms with van der Waals surface area (Å²) in [5, 5.41) is 6.17. The second kappa shape index (κ2) is 6.01. The number of amides is 1. The maximum Gasteiger partial charge on any atom is 0.241 e. The van der Waals surface area contributed by atoms with Crippen molar-refractivity contribution >= 4 is 11.6 Å². The summed E-state index contributed by atoms with van der Waals surface area (Å²) in [4.78, 5) is 11.9. The number of hydrogen-bond donors (Lipinski definition) is 2. The molecule has 2 rings (SSSR count). The van der Waals surface area contributed by atoms with E-state index in [1.54, 1.807) is 0 Å². The van der Waals surface area contributed by atoms with Crippen LogP contribution in [0.2, 0.25) is 0 Å². The van der Waals surface area contributed by atoms with Crippen LogP contribution in [-0.2, 0) is 11.2 Å². The van der Waals surface area contributed by atoms with Crippen LogP contribution in [0.5, 0.6) is 0 Å². The molecule has 1 heterocycles. The molecule has 0 unspecified atom stereocenters. The van der Waals surface area contributed by atoms with Crippen LogP contribution >= 0.6 is 0 Å². The van der Waals surface area contributed by atoms with E-state index < -0.39 is 0 Å². The van der Waals surface area contributed by atoms with Gasteiger partial charge in [-0.15, -0.1) is 0 Å². The molecule has 0 spiro atoms. The molecule has 0 aromatic heterocycles. The van der Waals surface area contributed by atoms with Gasteiger partial charge in [-0.05, 0) is 49.4 Å². The summed E-state index contributed by atoms with van der Waals surface area (Å²) in [6.07, 6.45) is 3.11. The maximum atomic E-state index is 11.9. The highest BCUT2D eigenvalue weighted by Crippen LogP contribution is 2.14. The molecular weight excluding hydrogens is 224 g/mol. The Morgan fingerprint density at radius 1 is 1.39 bits per heavy atom. The average molecular weight is 246 g/mol. The molecule has 3 heteroatoms. The van der Waals surface area contributed by atoms with E-state index in [0.29, 0.717) is 5.92 Å². The number of benzene rings is 1. The monoisotopic (exact) mass is 246 g/mol. The van der Waals surface area contributed by atoms with Gasteiger partial charge in [0.1, 0.15) is 0 Å². The molecule has 1 aromatic rings. The SMILES string of the molecule is CC(C)Cc1ccc(NC(=O)[C@@H]2CCCN2)cc1. The Balaban J connectivity index is 1.91. The third-order valence-electron chi connectivity index (χ3n) is 3.24. The van der Waals surface area contributed by atoms with Crippen molar-refractivity contribution in [2.24, 2.45) is 5.92 Å². The quantitative estimate of drug-likeness (QED) is 0.857. The van der Waals surface area contributed by atoms with Crippen LogP contribution < -0.4 is 10.6 Å². The topological polar surface area (TPSA) is 41.1 Å². The van der Waals surface area contributed by atoms with Crippen LogP contribution in [0, 0.1) is 5.92 Å². The molecular formula is C15H22N2O. The first kappa shape index (κ1) is 13.1. The summed E-state index contributed by atoms with van der Waals surface area (Å²) >= 11 is 0. The van der Waals surface area contributed by atoms with Crippen molar-refractivity contribution in [1.29, 1.82) is 0 Å². The first-order valence-electron chi connectivity index (χ1n) is 6.78. The van der Waals surface area contributed by atoms with Crippen LogP contribution in [0.4, 0.5) is 5.69 Å². The lowest BCUT2D eigenvalue weighted by Crippen LogP contribution is -2.35. The highest BCUT2D eigenvalue weighted by molar-refractivity contribution is 5.95. The molecule has 1 atom stereocenters. The Morgan fingerprint density at radius 3 is 2.67 bits per heavy atom. The standard InChI is InChI=1S/C15H22N2O/c1-11(2)10-12-5-7-13(8-6-12)17-15(18)14-4-3-9-16-14/h5-8,11,14,16H,3-4,9-10H2,1-2H3,(H,17,18)/t14-/m0/s1. The van der Waals surface area contributed by atoms with Gasteiger partial charge in [0.05, 0.1) is 6.04 Å². The fourth-order valence-electron chi connectivity index (χ4n) is 2.33. The molecule has 98 valence electrons. The molecule has 2 N–H and O–H groups in total. The molecule has 0 radical (unpaired) electrons. The number of carbonyl (C=O) groups excluding carboxylic acids is 1. The van der Waals surface area contributed by atoms with Crippen LogP contribution in [0.25, 0.3) is 0 Å². The van der Waals surface area contributed by atoms with E-state index in [4.69, 9.17) is 0 Å². The Kier molecular flexibility index (Phi) is 4.37. The van der Waals surface area contributed by atoms with Crippen LogP contribution in [-0.4, -0.2) is 18.5 Å². The van der Waals surface area contributed by atoms with Crippen molar-refractivity contribution in [3.8, 4) is 0 Å². The lowest BCUT2D eigenvalue weighted by Gasteiger charge is -2.12. The van der Waals surface area contributed by atoms with Gasteiger partial charge in [-0.3, -0.25) is 4.79 Å². The highest BCUT2D eigenvalue weighted by Gasteiger charge is 2.21. The van der Waals surface area contributed by atoms with Crippen molar-refractivity contribution in [2.75, 3.05) is 11.9 Å². The minimum atomic E-state index is -0.0136. The van der Waals surface area contributed by atoms with E-state index >= 15 is 0 Å². The van der Waals surface area contributed by atoms with Crippen molar-refractivity contribution in [2.45, 2.75) is 39.2 Å². The predicted molar refractivity (Wildman–Crippen MR) is 74.6 cm³/mol. The molecule has 1 fully saturated rings. The minimum Gasteiger partial charge on any atom is -0.325 e. The fraction of sp³-hybridized carbons (Fsp3) is 0.533. The highest BCUT2D eigenvalue weighted by atomic mass is 16.2. The summed E-state index contributed by atoms with van der Waals surface area (Å²) in [6, 6.07) is 8.16. The summed E-state index contributed by atoms with van der Waals surface area (Å²) in [7, 11) is 0. The normalized spacial score (nSPS) is 19.2. The lowest BCUT2D eigenvalue weighted by atomic mass is 10.0. The zero-order valence-electron chi connectivity index (χ0n) is 11.2. The van der Waals surface area contributed by atoms with Crippen molar-refractivity contribution in [3.63, 3.8) is 0 Å². The largest absolute Gasteiger partial charge is 0.325 e. The Bertz CT molecular complexity index is 391. The van der Waals surface area contributed by atoms with Crippen molar-refractivity contribution < 1.29 is 4.79 Å². The third-order valence-corrected chi connectivity index (χ3v) is 3.24. The average Bonchev–Trinajstić information content (AvgIpc) is 2.84. The maximum absolute atomic E-state index is 11.9. The number of nitrogens with one attached hydrogen (secondary N) is 2. The second-order valence-corrected chi connectivity index (χ2v) is 5.43. The molecule has 3 nitrogen and oxygen atoms in total. The lowest BCUT2D eigenvalue weighted by molar-refractivity contribution is -0.117. The third kappa shape index (κ3) is 3.57. The summed E-state index contributed by atoms with van der Waals surface area (Å²) in [5.41, 5.74) is 2.21. The molecule has 0 bridgehead atoms. The molecule has 0 saturated carbocycles. The molecule has 1 amide bonds. The number of hydrogen-bond acceptors (Lipinski definition) is 2. The van der Waals surface area contributed by atoms with Gasteiger partial charge in [0, 0.05) is 5.69 Å². The van der Waals surface area contributed by atoms with Crippen LogP contribution in [0.3, 0.4) is 0 Å². The zero-order chi connectivity index (χ0) is 13.0. The van der Waals surface area contributed by atoms with E-state index in [-0.39, 0.29) is 11.9 Å². The van der Waals surface area contributed by atoms with Gasteiger partial charge >= 0.3 is 0 Å². The Morgan fingerprint density at radius 2 is 2.11 bits per heavy atom. The molecule has 1 saturated heterocycles. The van der Waals surface area contributed by atoms with E-state index in [1.165, 1.54) is 5.56 Å². The Hall–Kier alpha value is -1.35. The van der Waals surface area contributed by atoms with Crippen molar-refractivity contribution in [3.05, 3.63) is 29.8 Å². The van der Waals surface area contributed by atoms with Crippen LogP contribution in [0.15, 0.2) is 24.3 Å². The molecule has 0 aliphatic carbocycles. The van der Waals surface area contributed by atoms with E-state index in [2.05, 4.69) is 36.6 Å². The van der Waals surface area contributed by atoms with Gasteiger partial charge in [-0.25, -0.2) is 0 Å². The summed E-state index contributed by atoms with van der Waals surface area (Å²) < 4.78 is 0. The molecule has 1 aromatic carbocycles. The second-order valence-electron chi connectivity index (χ2n) is 5.43. The predicted octanol–water partition coefficient (Wildman–Crippen LogP) is 2.58. The van der Waals surface area contributed by atoms with E-state index in [9.17, 15) is 4.79 Å². The molecule has 18 heavy (non-hydrogen) atoms. The first-order valence-corrected chi connectivity index (χ1v) is 6.78. The fourth-order valence-corrected chi connectivity index (χ4v) is 2.33. The Labute approximate surface area is 109 Å². The van der Waals surface area contributed by atoms with Crippen molar-refractivity contribution in [1.82, 2.24) is 5.32 Å². The van der Waals surface area contributed by atoms with Gasteiger partial charge in [0.2, 0.25) is 5.91 Å². The van der Waals surface area contributed by atoms with Gasteiger partial charge in [0.25, 0.3) is 0 Å². The zero-order valence-corrected chi connectivity index (χ0v) is 11.2. The smallest absolute Gasteiger partial charge is 0.241 e. The summed E-state index contributed by atoms with van der Waals surface area (Å²) in [5.74, 6) is 0.747. The summed E-state index contributed by atoms with van der Waals surface area (Å²) in [6.45, 7) is 5.37. The van der Waals surface area contributed by atoms with Gasteiger partial charge in [0.15, 0.2) is 0 Å².